The molecule has 3 aromatic rings. The molecule has 0 saturated heterocycles. The van der Waals surface area contributed by atoms with Crippen molar-refractivity contribution in [3.8, 4) is 28.0 Å². The van der Waals surface area contributed by atoms with Crippen molar-refractivity contribution in [3.05, 3.63) is 53.9 Å². The highest BCUT2D eigenvalue weighted by Gasteiger charge is 2.14. The SMILES string of the molecule is CCCN(CCN(C)C)c1ncc(-c2cnc(N)c(OCc3cccc(C#CC(C)(C)O)c3)c2)s1. The van der Waals surface area contributed by atoms with Gasteiger partial charge in [0.15, 0.2) is 16.7 Å². The summed E-state index contributed by atoms with van der Waals surface area (Å²) in [6, 6.07) is 9.65. The molecule has 0 spiro atoms. The Kier molecular flexibility index (Phi) is 9.10. The van der Waals surface area contributed by atoms with Crippen LogP contribution in [0.5, 0.6) is 5.75 Å². The highest BCUT2D eigenvalue weighted by molar-refractivity contribution is 7.18. The molecule has 0 aliphatic rings. The summed E-state index contributed by atoms with van der Waals surface area (Å²) < 4.78 is 6.03. The first-order valence-electron chi connectivity index (χ1n) is 11.7. The van der Waals surface area contributed by atoms with Crippen LogP contribution in [0.1, 0.15) is 38.3 Å². The Morgan fingerprint density at radius 3 is 2.63 bits per heavy atom. The first-order valence-corrected chi connectivity index (χ1v) is 12.5. The summed E-state index contributed by atoms with van der Waals surface area (Å²) in [5.74, 6) is 6.70. The van der Waals surface area contributed by atoms with Crippen LogP contribution in [0.2, 0.25) is 0 Å². The number of ether oxygens (including phenoxy) is 1. The number of nitrogens with zero attached hydrogens (tertiary/aromatic N) is 4. The Balaban J connectivity index is 1.74. The topological polar surface area (TPSA) is 87.7 Å². The van der Waals surface area contributed by atoms with E-state index in [0.717, 1.165) is 52.8 Å². The molecule has 2 heterocycles. The lowest BCUT2D eigenvalue weighted by Crippen LogP contribution is -2.32. The Bertz CT molecular complexity index is 1170. The first kappa shape index (κ1) is 26.5. The summed E-state index contributed by atoms with van der Waals surface area (Å²) >= 11 is 1.65. The van der Waals surface area contributed by atoms with Crippen LogP contribution in [0.25, 0.3) is 10.4 Å². The molecule has 0 saturated carbocycles. The number of hydrogen-bond acceptors (Lipinski definition) is 8. The lowest BCUT2D eigenvalue weighted by atomic mass is 10.1. The zero-order chi connectivity index (χ0) is 25.4. The van der Waals surface area contributed by atoms with Gasteiger partial charge in [0.25, 0.3) is 0 Å². The minimum atomic E-state index is -1.04. The van der Waals surface area contributed by atoms with E-state index in [-0.39, 0.29) is 0 Å². The van der Waals surface area contributed by atoms with Gasteiger partial charge in [0.2, 0.25) is 0 Å². The molecule has 35 heavy (non-hydrogen) atoms. The third kappa shape index (κ3) is 8.25. The van der Waals surface area contributed by atoms with E-state index in [2.05, 4.69) is 52.6 Å². The van der Waals surface area contributed by atoms with Crippen molar-refractivity contribution in [2.45, 2.75) is 39.4 Å². The number of pyridine rings is 1. The summed E-state index contributed by atoms with van der Waals surface area (Å²) in [5.41, 5.74) is 7.76. The maximum absolute atomic E-state index is 9.83. The molecule has 2 aromatic heterocycles. The van der Waals surface area contributed by atoms with Crippen molar-refractivity contribution in [3.63, 3.8) is 0 Å². The maximum Gasteiger partial charge on any atom is 0.185 e. The number of likely N-dealkylation sites (N-methyl/N-ethyl adjacent to an activating group) is 1. The molecule has 0 fully saturated rings. The van der Waals surface area contributed by atoms with Crippen molar-refractivity contribution in [1.82, 2.24) is 14.9 Å². The normalized spacial score (nSPS) is 11.3. The molecule has 7 nitrogen and oxygen atoms in total. The summed E-state index contributed by atoms with van der Waals surface area (Å²) in [6.07, 6.45) is 4.71. The number of benzene rings is 1. The molecule has 0 unspecified atom stereocenters. The van der Waals surface area contributed by atoms with E-state index in [4.69, 9.17) is 10.5 Å². The molecular weight excluding hydrogens is 458 g/mol. The zero-order valence-corrected chi connectivity index (χ0v) is 22.0. The smallest absolute Gasteiger partial charge is 0.185 e. The summed E-state index contributed by atoms with van der Waals surface area (Å²) in [5, 5.41) is 10.8. The highest BCUT2D eigenvalue weighted by atomic mass is 32.1. The van der Waals surface area contributed by atoms with Crippen molar-refractivity contribution < 1.29 is 9.84 Å². The van der Waals surface area contributed by atoms with Gasteiger partial charge in [0.1, 0.15) is 12.2 Å². The van der Waals surface area contributed by atoms with Crippen LogP contribution >= 0.6 is 11.3 Å². The van der Waals surface area contributed by atoms with Gasteiger partial charge in [-0.05, 0) is 58.1 Å². The Morgan fingerprint density at radius 1 is 1.11 bits per heavy atom. The van der Waals surface area contributed by atoms with Crippen molar-refractivity contribution in [2.24, 2.45) is 0 Å². The number of nitrogen functional groups attached to an aromatic ring is 1. The second-order valence-electron chi connectivity index (χ2n) is 9.20. The number of aliphatic hydroxyl groups is 1. The van der Waals surface area contributed by atoms with Crippen LogP contribution in [0.3, 0.4) is 0 Å². The Hall–Kier alpha value is -3.12. The Morgan fingerprint density at radius 2 is 1.91 bits per heavy atom. The summed E-state index contributed by atoms with van der Waals surface area (Å²) in [6.45, 7) is 8.70. The fraction of sp³-hybridized carbons (Fsp3) is 0.407. The lowest BCUT2D eigenvalue weighted by molar-refractivity contribution is 0.143. The number of hydrogen-bond donors (Lipinski definition) is 2. The predicted molar refractivity (Wildman–Crippen MR) is 145 cm³/mol. The molecule has 186 valence electrons. The maximum atomic E-state index is 9.83. The van der Waals surface area contributed by atoms with Crippen LogP contribution in [0.4, 0.5) is 10.9 Å². The Labute approximate surface area is 212 Å². The summed E-state index contributed by atoms with van der Waals surface area (Å²) in [4.78, 5) is 14.6. The first-order chi connectivity index (χ1) is 16.6. The van der Waals surface area contributed by atoms with E-state index in [1.165, 1.54) is 0 Å². The minimum Gasteiger partial charge on any atom is -0.485 e. The van der Waals surface area contributed by atoms with Gasteiger partial charge in [-0.3, -0.25) is 0 Å². The van der Waals surface area contributed by atoms with Gasteiger partial charge in [-0.15, -0.1) is 0 Å². The number of rotatable bonds is 10. The van der Waals surface area contributed by atoms with Crippen molar-refractivity contribution in [1.29, 1.82) is 0 Å². The van der Waals surface area contributed by atoms with Crippen LogP contribution in [0.15, 0.2) is 42.7 Å². The number of anilines is 2. The zero-order valence-electron chi connectivity index (χ0n) is 21.2. The van der Waals surface area contributed by atoms with Crippen LogP contribution in [-0.4, -0.2) is 59.3 Å². The fourth-order valence-electron chi connectivity index (χ4n) is 3.27. The van der Waals surface area contributed by atoms with Crippen molar-refractivity contribution in [2.75, 3.05) is 44.4 Å². The van der Waals surface area contributed by atoms with Crippen molar-refractivity contribution >= 4 is 22.3 Å². The van der Waals surface area contributed by atoms with Crippen LogP contribution in [-0.2, 0) is 6.61 Å². The third-order valence-corrected chi connectivity index (χ3v) is 6.18. The van der Waals surface area contributed by atoms with Gasteiger partial charge >= 0.3 is 0 Å². The fourth-order valence-corrected chi connectivity index (χ4v) is 4.22. The van der Waals surface area contributed by atoms with Gasteiger partial charge in [-0.1, -0.05) is 42.2 Å². The van der Waals surface area contributed by atoms with E-state index < -0.39 is 5.60 Å². The monoisotopic (exact) mass is 493 g/mol. The number of nitrogens with two attached hydrogens (primary N) is 1. The van der Waals surface area contributed by atoms with Crippen LogP contribution < -0.4 is 15.4 Å². The lowest BCUT2D eigenvalue weighted by Gasteiger charge is -2.23. The summed E-state index contributed by atoms with van der Waals surface area (Å²) in [7, 11) is 4.16. The van der Waals surface area contributed by atoms with Gasteiger partial charge in [-0.25, -0.2) is 9.97 Å². The molecule has 0 amide bonds. The second-order valence-corrected chi connectivity index (χ2v) is 10.2. The van der Waals surface area contributed by atoms with E-state index in [9.17, 15) is 5.11 Å². The molecule has 3 N–H and O–H groups in total. The van der Waals surface area contributed by atoms with Gasteiger partial charge in [-0.2, -0.15) is 0 Å². The molecule has 8 heteroatoms. The van der Waals surface area contributed by atoms with Crippen LogP contribution in [0, 0.1) is 11.8 Å². The molecule has 0 radical (unpaired) electrons. The van der Waals surface area contributed by atoms with E-state index in [1.54, 1.807) is 31.4 Å². The second kappa shape index (κ2) is 12.0. The standard InChI is InChI=1S/C27H35N5O2S/c1-6-12-32(14-13-31(4)5)26-30-18-24(35-26)22-16-23(25(28)29-17-22)34-19-21-9-7-8-20(15-21)10-11-27(2,3)33/h7-9,15-18,33H,6,12-14,19H2,1-5H3,(H2,28,29). The average molecular weight is 494 g/mol. The minimum absolute atomic E-state index is 0.329. The van der Waals surface area contributed by atoms with Gasteiger partial charge in [0.05, 0.1) is 4.88 Å². The highest BCUT2D eigenvalue weighted by Crippen LogP contribution is 2.34. The quantitative estimate of drug-likeness (QED) is 0.408. The van der Waals surface area contributed by atoms with E-state index in [0.29, 0.717) is 18.2 Å². The molecule has 0 aliphatic heterocycles. The molecular formula is C27H35N5O2S. The van der Waals surface area contributed by atoms with E-state index >= 15 is 0 Å². The largest absolute Gasteiger partial charge is 0.485 e. The molecule has 3 rings (SSSR count). The molecule has 0 bridgehead atoms. The van der Waals surface area contributed by atoms with E-state index in [1.807, 2.05) is 36.5 Å². The molecule has 0 aliphatic carbocycles. The van der Waals surface area contributed by atoms with Gasteiger partial charge in [0, 0.05) is 43.2 Å². The molecule has 1 aromatic carbocycles. The average Bonchev–Trinajstić information content (AvgIpc) is 3.30. The predicted octanol–water partition coefficient (Wildman–Crippen LogP) is 4.27. The molecule has 0 atom stereocenters. The number of aromatic nitrogens is 2. The number of thiazole rings is 1. The van der Waals surface area contributed by atoms with Gasteiger partial charge < -0.3 is 25.4 Å². The third-order valence-electron chi connectivity index (χ3n) is 5.08.